The number of β-amino-alcohol motifs (C(OH)–C–C–N with tert-alkyl or cyclic N) is 2. The topological polar surface area (TPSA) is 133 Å². The molecule has 2 aromatic heterocycles. The summed E-state index contributed by atoms with van der Waals surface area (Å²) in [5.74, 6) is 1.93. The molecule has 0 radical (unpaired) electrons. The van der Waals surface area contributed by atoms with Gasteiger partial charge >= 0.3 is 0 Å². The highest BCUT2D eigenvalue weighted by atomic mass is 32.1. The second-order valence-electron chi connectivity index (χ2n) is 10.3. The Bertz CT molecular complexity index is 1320. The number of aryl methyl sites for hydroxylation is 2. The zero-order valence-electron chi connectivity index (χ0n) is 23.7. The summed E-state index contributed by atoms with van der Waals surface area (Å²) in [6.45, 7) is 12.4. The van der Waals surface area contributed by atoms with Crippen LogP contribution in [0.1, 0.15) is 21.1 Å². The van der Waals surface area contributed by atoms with Crippen LogP contribution in [0.4, 0.5) is 28.1 Å². The van der Waals surface area contributed by atoms with E-state index in [9.17, 15) is 15.0 Å². The fourth-order valence-electron chi connectivity index (χ4n) is 5.27. The molecular weight excluding hydrogens is 542 g/mol. The number of anilines is 5. The summed E-state index contributed by atoms with van der Waals surface area (Å²) < 4.78 is 0. The van der Waals surface area contributed by atoms with Gasteiger partial charge in [-0.05, 0) is 25.5 Å². The highest BCUT2D eigenvalue weighted by Gasteiger charge is 2.22. The van der Waals surface area contributed by atoms with Crippen LogP contribution in [0.5, 0.6) is 0 Å². The van der Waals surface area contributed by atoms with Crippen molar-refractivity contribution in [3.8, 4) is 0 Å². The molecule has 13 heteroatoms. The Hall–Kier alpha value is -3.36. The summed E-state index contributed by atoms with van der Waals surface area (Å²) in [5, 5.41) is 25.4. The molecule has 3 aromatic rings. The number of benzene rings is 1. The fraction of sp³-hybridized carbons (Fsp3) is 0.500. The minimum absolute atomic E-state index is 0.166. The zero-order valence-corrected chi connectivity index (χ0v) is 24.5. The van der Waals surface area contributed by atoms with Crippen LogP contribution in [0.2, 0.25) is 0 Å². The van der Waals surface area contributed by atoms with Gasteiger partial charge in [0.05, 0.1) is 30.8 Å². The van der Waals surface area contributed by atoms with Crippen LogP contribution >= 0.6 is 11.3 Å². The Morgan fingerprint density at radius 1 is 0.927 bits per heavy atom. The average Bonchev–Trinajstić information content (AvgIpc) is 3.44. The summed E-state index contributed by atoms with van der Waals surface area (Å²) in [5.41, 5.74) is 2.81. The van der Waals surface area contributed by atoms with Crippen LogP contribution in [0.3, 0.4) is 0 Å². The molecule has 2 saturated heterocycles. The summed E-state index contributed by atoms with van der Waals surface area (Å²) in [6, 6.07) is 7.98. The molecule has 1 amide bonds. The molecule has 4 heterocycles. The second kappa shape index (κ2) is 13.5. The molecule has 0 bridgehead atoms. The maximum atomic E-state index is 13.3. The number of aliphatic hydroxyl groups is 2. The number of rotatable bonds is 10. The van der Waals surface area contributed by atoms with Gasteiger partial charge in [0.25, 0.3) is 5.91 Å². The van der Waals surface area contributed by atoms with Crippen molar-refractivity contribution in [3.05, 3.63) is 46.7 Å². The Morgan fingerprint density at radius 3 is 2.24 bits per heavy atom. The van der Waals surface area contributed by atoms with Crippen molar-refractivity contribution < 1.29 is 15.0 Å². The molecule has 0 saturated carbocycles. The van der Waals surface area contributed by atoms with E-state index in [2.05, 4.69) is 45.2 Å². The molecule has 2 aliphatic heterocycles. The molecule has 0 spiro atoms. The Balaban J connectivity index is 1.24. The molecule has 0 unspecified atom stereocenters. The molecule has 2 fully saturated rings. The van der Waals surface area contributed by atoms with Crippen LogP contribution in [-0.4, -0.2) is 120 Å². The number of nitrogens with one attached hydrogen (secondary N) is 2. The summed E-state index contributed by atoms with van der Waals surface area (Å²) >= 11 is 1.28. The van der Waals surface area contributed by atoms with E-state index in [-0.39, 0.29) is 19.1 Å². The first-order chi connectivity index (χ1) is 19.9. The van der Waals surface area contributed by atoms with Gasteiger partial charge in [-0.3, -0.25) is 14.6 Å². The lowest BCUT2D eigenvalue weighted by molar-refractivity contribution is 0.103. The molecule has 2 aliphatic rings. The van der Waals surface area contributed by atoms with E-state index in [1.807, 2.05) is 38.1 Å². The molecule has 41 heavy (non-hydrogen) atoms. The highest BCUT2D eigenvalue weighted by Crippen LogP contribution is 2.32. The third kappa shape index (κ3) is 7.29. The maximum Gasteiger partial charge on any atom is 0.267 e. The predicted octanol–water partition coefficient (Wildman–Crippen LogP) is 1.77. The number of para-hydroxylation sites is 1. The van der Waals surface area contributed by atoms with E-state index < -0.39 is 0 Å². The number of hydrogen-bond donors (Lipinski definition) is 4. The summed E-state index contributed by atoms with van der Waals surface area (Å²) in [4.78, 5) is 36.4. The minimum atomic E-state index is -0.203. The maximum absolute atomic E-state index is 13.3. The average molecular weight is 582 g/mol. The molecular formula is C28H39N9O3S. The Kier molecular flexibility index (Phi) is 9.62. The fourth-order valence-corrected chi connectivity index (χ4v) is 5.99. The van der Waals surface area contributed by atoms with E-state index in [1.165, 1.54) is 11.3 Å². The lowest BCUT2D eigenvalue weighted by Crippen LogP contribution is -2.47. The van der Waals surface area contributed by atoms with Crippen molar-refractivity contribution in [1.29, 1.82) is 0 Å². The van der Waals surface area contributed by atoms with Gasteiger partial charge in [0.1, 0.15) is 22.3 Å². The molecule has 4 N–H and O–H groups in total. The summed E-state index contributed by atoms with van der Waals surface area (Å²) in [7, 11) is 0. The largest absolute Gasteiger partial charge is 0.395 e. The van der Waals surface area contributed by atoms with Crippen molar-refractivity contribution in [2.45, 2.75) is 13.8 Å². The number of aliphatic hydroxyl groups excluding tert-OH is 2. The minimum Gasteiger partial charge on any atom is -0.395 e. The first-order valence-corrected chi connectivity index (χ1v) is 14.9. The van der Waals surface area contributed by atoms with Crippen molar-refractivity contribution >= 4 is 45.4 Å². The lowest BCUT2D eigenvalue weighted by Gasteiger charge is -2.37. The van der Waals surface area contributed by atoms with E-state index in [0.717, 1.165) is 75.1 Å². The van der Waals surface area contributed by atoms with Crippen molar-refractivity contribution in [2.24, 2.45) is 0 Å². The first-order valence-electron chi connectivity index (χ1n) is 14.1. The van der Waals surface area contributed by atoms with Crippen LogP contribution in [-0.2, 0) is 0 Å². The molecule has 1 aromatic carbocycles. The molecule has 5 rings (SSSR count). The van der Waals surface area contributed by atoms with Gasteiger partial charge in [0.2, 0.25) is 0 Å². The third-order valence-electron chi connectivity index (χ3n) is 7.52. The van der Waals surface area contributed by atoms with Gasteiger partial charge in [-0.25, -0.2) is 15.0 Å². The lowest BCUT2D eigenvalue weighted by atomic mass is 10.1. The predicted molar refractivity (Wildman–Crippen MR) is 163 cm³/mol. The van der Waals surface area contributed by atoms with Gasteiger partial charge < -0.3 is 30.6 Å². The second-order valence-corrected chi connectivity index (χ2v) is 11.4. The molecule has 12 nitrogen and oxygen atoms in total. The van der Waals surface area contributed by atoms with E-state index >= 15 is 0 Å². The SMILES string of the molecule is Cc1nc(Nc2ncc(C(=O)Nc3c(C)cccc3N3CCN(CCO)CC3)s2)cc(N2CCN(CCO)CC2)n1. The first kappa shape index (κ1) is 29.1. The van der Waals surface area contributed by atoms with E-state index in [1.54, 1.807) is 6.20 Å². The molecule has 0 atom stereocenters. The number of aromatic nitrogens is 3. The monoisotopic (exact) mass is 581 g/mol. The molecule has 0 aliphatic carbocycles. The highest BCUT2D eigenvalue weighted by molar-refractivity contribution is 7.17. The van der Waals surface area contributed by atoms with Gasteiger partial charge in [0.15, 0.2) is 5.13 Å². The standard InChI is InChI=1S/C28H39N9O3S/c1-20-4-3-5-22(36-10-6-34(7-11-36)14-16-38)26(20)33-27(40)23-19-29-28(41-23)32-24-18-25(31-21(2)30-24)37-12-8-35(9-13-37)15-17-39/h3-5,18-19,38-39H,6-17H2,1-2H3,(H,33,40)(H,29,30,31,32). The Labute approximate surface area is 244 Å². The summed E-state index contributed by atoms with van der Waals surface area (Å²) in [6.07, 6.45) is 1.59. The van der Waals surface area contributed by atoms with Gasteiger partial charge in [0, 0.05) is 71.5 Å². The van der Waals surface area contributed by atoms with Crippen LogP contribution in [0, 0.1) is 13.8 Å². The van der Waals surface area contributed by atoms with Gasteiger partial charge in [-0.15, -0.1) is 0 Å². The third-order valence-corrected chi connectivity index (χ3v) is 8.43. The van der Waals surface area contributed by atoms with Crippen molar-refractivity contribution in [3.63, 3.8) is 0 Å². The smallest absolute Gasteiger partial charge is 0.267 e. The molecule has 220 valence electrons. The number of amides is 1. The quantitative estimate of drug-likeness (QED) is 0.279. The van der Waals surface area contributed by atoms with Crippen molar-refractivity contribution in [2.75, 3.05) is 99.1 Å². The van der Waals surface area contributed by atoms with Gasteiger partial charge in [-0.2, -0.15) is 0 Å². The van der Waals surface area contributed by atoms with E-state index in [4.69, 9.17) is 0 Å². The normalized spacial score (nSPS) is 16.7. The van der Waals surface area contributed by atoms with Crippen LogP contribution < -0.4 is 20.4 Å². The number of hydrogen-bond acceptors (Lipinski definition) is 12. The number of nitrogens with zero attached hydrogens (tertiary/aromatic N) is 7. The number of carbonyl (C=O) groups excluding carboxylic acids is 1. The van der Waals surface area contributed by atoms with Gasteiger partial charge in [-0.1, -0.05) is 23.5 Å². The Morgan fingerprint density at radius 2 is 1.59 bits per heavy atom. The number of thiazole rings is 1. The zero-order chi connectivity index (χ0) is 28.8. The number of carbonyl (C=O) groups is 1. The van der Waals surface area contributed by atoms with Crippen LogP contribution in [0.25, 0.3) is 0 Å². The van der Waals surface area contributed by atoms with Crippen molar-refractivity contribution in [1.82, 2.24) is 24.8 Å². The van der Waals surface area contributed by atoms with Crippen LogP contribution in [0.15, 0.2) is 30.5 Å². The van der Waals surface area contributed by atoms with E-state index in [0.29, 0.717) is 34.7 Å². The number of piperazine rings is 2.